The molecule has 7 heteroatoms. The van der Waals surface area contributed by atoms with E-state index in [1.165, 1.54) is 32.4 Å². The SMILES string of the molecule is Cc1c(-c2nnc(NCCCN3CCCCC3)[nH]c2=O)cn(C)c1C. The molecule has 0 unspecified atom stereocenters. The summed E-state index contributed by atoms with van der Waals surface area (Å²) in [5.41, 5.74) is 3.19. The number of aromatic amines is 1. The fraction of sp³-hybridized carbons (Fsp3) is 0.611. The fourth-order valence-electron chi connectivity index (χ4n) is 3.37. The molecular weight excluding hydrogens is 316 g/mol. The van der Waals surface area contributed by atoms with Gasteiger partial charge in [-0.25, -0.2) is 0 Å². The number of anilines is 1. The molecule has 136 valence electrons. The van der Waals surface area contributed by atoms with Gasteiger partial charge < -0.3 is 14.8 Å². The number of nitrogens with one attached hydrogen (secondary N) is 2. The first-order valence-corrected chi connectivity index (χ1v) is 9.12. The fourth-order valence-corrected chi connectivity index (χ4v) is 3.37. The maximum absolute atomic E-state index is 12.4. The maximum atomic E-state index is 12.4. The van der Waals surface area contributed by atoms with Crippen LogP contribution in [0.4, 0.5) is 5.95 Å². The van der Waals surface area contributed by atoms with Crippen LogP contribution < -0.4 is 10.9 Å². The first kappa shape index (κ1) is 17.7. The van der Waals surface area contributed by atoms with Crippen LogP contribution in [-0.2, 0) is 7.05 Å². The third-order valence-electron chi connectivity index (χ3n) is 5.14. The molecule has 0 aliphatic carbocycles. The number of hydrogen-bond donors (Lipinski definition) is 2. The van der Waals surface area contributed by atoms with E-state index in [2.05, 4.69) is 25.4 Å². The number of H-pyrrole nitrogens is 1. The zero-order chi connectivity index (χ0) is 17.8. The van der Waals surface area contributed by atoms with Crippen LogP contribution in [0.2, 0.25) is 0 Å². The van der Waals surface area contributed by atoms with Crippen LogP contribution in [0.3, 0.4) is 0 Å². The minimum Gasteiger partial charge on any atom is -0.354 e. The Kier molecular flexibility index (Phi) is 5.53. The van der Waals surface area contributed by atoms with E-state index < -0.39 is 0 Å². The van der Waals surface area contributed by atoms with Gasteiger partial charge in [0.25, 0.3) is 5.56 Å². The van der Waals surface area contributed by atoms with Crippen LogP contribution in [0.25, 0.3) is 11.3 Å². The molecule has 1 aliphatic rings. The number of piperidine rings is 1. The number of hydrogen-bond acceptors (Lipinski definition) is 5. The minimum absolute atomic E-state index is 0.206. The maximum Gasteiger partial charge on any atom is 0.279 e. The van der Waals surface area contributed by atoms with Gasteiger partial charge in [-0.05, 0) is 58.3 Å². The predicted octanol–water partition coefficient (Wildman–Crippen LogP) is 2.08. The predicted molar refractivity (Wildman–Crippen MR) is 99.9 cm³/mol. The van der Waals surface area contributed by atoms with Gasteiger partial charge in [-0.2, -0.15) is 0 Å². The minimum atomic E-state index is -0.206. The first-order valence-electron chi connectivity index (χ1n) is 9.12. The average molecular weight is 344 g/mol. The Morgan fingerprint density at radius 1 is 1.20 bits per heavy atom. The summed E-state index contributed by atoms with van der Waals surface area (Å²) in [5, 5.41) is 11.5. The van der Waals surface area contributed by atoms with E-state index in [0.29, 0.717) is 11.6 Å². The van der Waals surface area contributed by atoms with Crippen molar-refractivity contribution in [3.05, 3.63) is 27.8 Å². The van der Waals surface area contributed by atoms with Gasteiger partial charge in [-0.1, -0.05) is 6.42 Å². The van der Waals surface area contributed by atoms with Gasteiger partial charge in [0.1, 0.15) is 0 Å². The van der Waals surface area contributed by atoms with E-state index >= 15 is 0 Å². The second kappa shape index (κ2) is 7.82. The summed E-state index contributed by atoms with van der Waals surface area (Å²) in [6, 6.07) is 0. The lowest BCUT2D eigenvalue weighted by atomic mass is 10.1. The van der Waals surface area contributed by atoms with Crippen molar-refractivity contribution in [3.63, 3.8) is 0 Å². The van der Waals surface area contributed by atoms with E-state index in [9.17, 15) is 4.79 Å². The third kappa shape index (κ3) is 4.10. The Morgan fingerprint density at radius 3 is 2.60 bits per heavy atom. The van der Waals surface area contributed by atoms with E-state index in [1.807, 2.05) is 31.7 Å². The van der Waals surface area contributed by atoms with Gasteiger partial charge in [-0.15, -0.1) is 10.2 Å². The standard InChI is InChI=1S/C18H28N6O/c1-13-14(2)23(3)12-15(13)16-17(25)20-18(22-21-16)19-8-7-11-24-9-5-4-6-10-24/h12H,4-11H2,1-3H3,(H2,19,20,22,25). The molecule has 0 radical (unpaired) electrons. The summed E-state index contributed by atoms with van der Waals surface area (Å²) < 4.78 is 2.00. The zero-order valence-electron chi connectivity index (χ0n) is 15.4. The summed E-state index contributed by atoms with van der Waals surface area (Å²) in [7, 11) is 1.96. The topological polar surface area (TPSA) is 78.8 Å². The summed E-state index contributed by atoms with van der Waals surface area (Å²) in [5.74, 6) is 0.442. The lowest BCUT2D eigenvalue weighted by Crippen LogP contribution is -2.31. The van der Waals surface area contributed by atoms with Crippen molar-refractivity contribution in [1.82, 2.24) is 24.6 Å². The van der Waals surface area contributed by atoms with Crippen LogP contribution in [0.5, 0.6) is 0 Å². The van der Waals surface area contributed by atoms with Crippen LogP contribution in [-0.4, -0.2) is 50.8 Å². The zero-order valence-corrected chi connectivity index (χ0v) is 15.4. The molecule has 1 aliphatic heterocycles. The van der Waals surface area contributed by atoms with Crippen molar-refractivity contribution in [3.8, 4) is 11.3 Å². The van der Waals surface area contributed by atoms with Gasteiger partial charge in [0.15, 0.2) is 5.69 Å². The van der Waals surface area contributed by atoms with E-state index in [-0.39, 0.29) is 5.56 Å². The molecule has 0 spiro atoms. The van der Waals surface area contributed by atoms with Gasteiger partial charge in [0.05, 0.1) is 0 Å². The Labute approximate surface area is 148 Å². The molecule has 0 atom stereocenters. The highest BCUT2D eigenvalue weighted by Gasteiger charge is 2.14. The Bertz CT molecular complexity index is 772. The van der Waals surface area contributed by atoms with Crippen LogP contribution in [0.1, 0.15) is 36.9 Å². The second-order valence-electron chi connectivity index (χ2n) is 6.90. The Hall–Kier alpha value is -2.15. The third-order valence-corrected chi connectivity index (χ3v) is 5.14. The molecule has 0 aromatic carbocycles. The molecule has 7 nitrogen and oxygen atoms in total. The highest BCUT2D eigenvalue weighted by Crippen LogP contribution is 2.22. The van der Waals surface area contributed by atoms with Crippen molar-refractivity contribution in [2.75, 3.05) is 31.5 Å². The molecule has 3 heterocycles. The van der Waals surface area contributed by atoms with E-state index in [1.54, 1.807) is 0 Å². The molecule has 0 bridgehead atoms. The highest BCUT2D eigenvalue weighted by molar-refractivity contribution is 5.63. The largest absolute Gasteiger partial charge is 0.354 e. The summed E-state index contributed by atoms with van der Waals surface area (Å²) >= 11 is 0. The molecular formula is C18H28N6O. The Morgan fingerprint density at radius 2 is 1.96 bits per heavy atom. The van der Waals surface area contributed by atoms with E-state index in [0.717, 1.165) is 36.3 Å². The van der Waals surface area contributed by atoms with Crippen LogP contribution in [0, 0.1) is 13.8 Å². The molecule has 1 fully saturated rings. The second-order valence-corrected chi connectivity index (χ2v) is 6.90. The van der Waals surface area contributed by atoms with Gasteiger partial charge in [0, 0.05) is 31.0 Å². The summed E-state index contributed by atoms with van der Waals surface area (Å²) in [6.07, 6.45) is 6.94. The molecule has 2 N–H and O–H groups in total. The van der Waals surface area contributed by atoms with Gasteiger partial charge >= 0.3 is 0 Å². The van der Waals surface area contributed by atoms with Crippen LogP contribution >= 0.6 is 0 Å². The summed E-state index contributed by atoms with van der Waals surface area (Å²) in [4.78, 5) is 17.7. The smallest absolute Gasteiger partial charge is 0.279 e. The van der Waals surface area contributed by atoms with E-state index in [4.69, 9.17) is 0 Å². The van der Waals surface area contributed by atoms with Crippen molar-refractivity contribution in [2.24, 2.45) is 7.05 Å². The molecule has 3 rings (SSSR count). The van der Waals surface area contributed by atoms with Gasteiger partial charge in [0.2, 0.25) is 5.95 Å². The molecule has 2 aromatic heterocycles. The number of rotatable bonds is 6. The first-order chi connectivity index (χ1) is 12.1. The number of nitrogens with zero attached hydrogens (tertiary/aromatic N) is 4. The normalized spacial score (nSPS) is 15.5. The highest BCUT2D eigenvalue weighted by atomic mass is 16.1. The molecule has 0 saturated carbocycles. The van der Waals surface area contributed by atoms with Gasteiger partial charge in [-0.3, -0.25) is 9.78 Å². The van der Waals surface area contributed by atoms with Crippen molar-refractivity contribution < 1.29 is 0 Å². The summed E-state index contributed by atoms with van der Waals surface area (Å²) in [6.45, 7) is 8.31. The Balaban J connectivity index is 1.58. The quantitative estimate of drug-likeness (QED) is 0.785. The monoisotopic (exact) mass is 344 g/mol. The van der Waals surface area contributed by atoms with Crippen molar-refractivity contribution >= 4 is 5.95 Å². The number of aryl methyl sites for hydroxylation is 1. The van der Waals surface area contributed by atoms with Crippen molar-refractivity contribution in [1.29, 1.82) is 0 Å². The van der Waals surface area contributed by atoms with Crippen molar-refractivity contribution in [2.45, 2.75) is 39.5 Å². The number of likely N-dealkylation sites (tertiary alicyclic amines) is 1. The molecule has 25 heavy (non-hydrogen) atoms. The molecule has 1 saturated heterocycles. The van der Waals surface area contributed by atoms with Crippen LogP contribution in [0.15, 0.2) is 11.0 Å². The number of aromatic nitrogens is 4. The molecule has 2 aromatic rings. The lowest BCUT2D eigenvalue weighted by molar-refractivity contribution is 0.228. The molecule has 0 amide bonds. The lowest BCUT2D eigenvalue weighted by Gasteiger charge is -2.26. The average Bonchev–Trinajstić information content (AvgIpc) is 2.87.